The molecule has 0 atom stereocenters. The summed E-state index contributed by atoms with van der Waals surface area (Å²) >= 11 is 1.89. The maximum Gasteiger partial charge on any atom is 0.0101 e. The third kappa shape index (κ3) is 3.15. The lowest BCUT2D eigenvalue weighted by atomic mass is 9.85. The monoisotopic (exact) mass is 196 g/mol. The number of thiophene rings is 1. The van der Waals surface area contributed by atoms with Crippen molar-refractivity contribution in [3.63, 3.8) is 0 Å². The highest BCUT2D eigenvalue weighted by molar-refractivity contribution is 7.10. The molecule has 1 heterocycles. The number of rotatable bonds is 5. The summed E-state index contributed by atoms with van der Waals surface area (Å²) in [6.07, 6.45) is 5.37. The van der Waals surface area contributed by atoms with Crippen molar-refractivity contribution in [3.8, 4) is 0 Å². The summed E-state index contributed by atoms with van der Waals surface area (Å²) in [5, 5.41) is 2.18. The SMILES string of the molecule is CCCCCC(C)(C)c1cccs1. The number of hydrogen-bond donors (Lipinski definition) is 0. The van der Waals surface area contributed by atoms with E-state index in [0.29, 0.717) is 5.41 Å². The van der Waals surface area contributed by atoms with Crippen molar-refractivity contribution in [2.45, 2.75) is 51.9 Å². The Kier molecular flexibility index (Phi) is 3.98. The molecule has 0 radical (unpaired) electrons. The Morgan fingerprint density at radius 1 is 1.31 bits per heavy atom. The standard InChI is InChI=1S/C12H20S/c1-4-5-6-9-12(2,3)11-8-7-10-13-11/h7-8,10H,4-6,9H2,1-3H3. The van der Waals surface area contributed by atoms with E-state index in [1.54, 1.807) is 0 Å². The minimum absolute atomic E-state index is 0.392. The van der Waals surface area contributed by atoms with Crippen LogP contribution in [0.5, 0.6) is 0 Å². The van der Waals surface area contributed by atoms with Crippen LogP contribution in [0, 0.1) is 0 Å². The third-order valence-electron chi connectivity index (χ3n) is 2.59. The van der Waals surface area contributed by atoms with Crippen LogP contribution in [0.3, 0.4) is 0 Å². The largest absolute Gasteiger partial charge is 0.148 e. The van der Waals surface area contributed by atoms with Gasteiger partial charge >= 0.3 is 0 Å². The molecule has 1 aromatic rings. The van der Waals surface area contributed by atoms with E-state index in [9.17, 15) is 0 Å². The molecule has 0 aliphatic rings. The summed E-state index contributed by atoms with van der Waals surface area (Å²) in [6.45, 7) is 6.97. The Balaban J connectivity index is 2.46. The van der Waals surface area contributed by atoms with Crippen LogP contribution in [0.25, 0.3) is 0 Å². The first-order valence-electron chi connectivity index (χ1n) is 5.21. The van der Waals surface area contributed by atoms with Gasteiger partial charge in [0.05, 0.1) is 0 Å². The summed E-state index contributed by atoms with van der Waals surface area (Å²) in [6, 6.07) is 4.41. The van der Waals surface area contributed by atoms with Gasteiger partial charge in [0, 0.05) is 4.88 Å². The summed E-state index contributed by atoms with van der Waals surface area (Å²) in [4.78, 5) is 1.53. The normalized spacial score (nSPS) is 11.9. The van der Waals surface area contributed by atoms with E-state index in [2.05, 4.69) is 38.3 Å². The molecule has 74 valence electrons. The molecule has 1 aromatic heterocycles. The molecule has 13 heavy (non-hydrogen) atoms. The molecule has 0 aliphatic heterocycles. The average Bonchev–Trinajstić information content (AvgIpc) is 2.56. The van der Waals surface area contributed by atoms with E-state index in [0.717, 1.165) is 0 Å². The second-order valence-electron chi connectivity index (χ2n) is 4.32. The molecule has 0 fully saturated rings. The van der Waals surface area contributed by atoms with Crippen LogP contribution < -0.4 is 0 Å². The molecule has 0 saturated carbocycles. The minimum atomic E-state index is 0.392. The zero-order valence-electron chi connectivity index (χ0n) is 8.97. The fraction of sp³-hybridized carbons (Fsp3) is 0.667. The maximum absolute atomic E-state index is 2.36. The predicted octanol–water partition coefficient (Wildman–Crippen LogP) is 4.61. The highest BCUT2D eigenvalue weighted by Crippen LogP contribution is 2.32. The van der Waals surface area contributed by atoms with Gasteiger partial charge in [0.15, 0.2) is 0 Å². The molecule has 0 nitrogen and oxygen atoms in total. The smallest absolute Gasteiger partial charge is 0.0101 e. The van der Waals surface area contributed by atoms with Crippen LogP contribution in [-0.2, 0) is 5.41 Å². The Morgan fingerprint density at radius 2 is 2.08 bits per heavy atom. The molecule has 0 aliphatic carbocycles. The second kappa shape index (κ2) is 4.80. The van der Waals surface area contributed by atoms with E-state index < -0.39 is 0 Å². The Hall–Kier alpha value is -0.300. The first-order valence-corrected chi connectivity index (χ1v) is 6.09. The molecule has 0 amide bonds. The first kappa shape index (κ1) is 10.8. The van der Waals surface area contributed by atoms with E-state index in [4.69, 9.17) is 0 Å². The van der Waals surface area contributed by atoms with Crippen molar-refractivity contribution < 1.29 is 0 Å². The van der Waals surface area contributed by atoms with Gasteiger partial charge in [-0.3, -0.25) is 0 Å². The van der Waals surface area contributed by atoms with Gasteiger partial charge in [-0.05, 0) is 23.3 Å². The lowest BCUT2D eigenvalue weighted by molar-refractivity contribution is 0.458. The van der Waals surface area contributed by atoms with Gasteiger partial charge in [0.2, 0.25) is 0 Å². The van der Waals surface area contributed by atoms with Crippen molar-refractivity contribution in [2.75, 3.05) is 0 Å². The quantitative estimate of drug-likeness (QED) is 0.603. The van der Waals surface area contributed by atoms with Crippen LogP contribution in [0.1, 0.15) is 51.3 Å². The molecule has 0 aromatic carbocycles. The molecule has 0 bridgehead atoms. The molecular weight excluding hydrogens is 176 g/mol. The maximum atomic E-state index is 2.36. The topological polar surface area (TPSA) is 0 Å². The van der Waals surface area contributed by atoms with Gasteiger partial charge in [-0.25, -0.2) is 0 Å². The molecule has 0 spiro atoms. The van der Waals surface area contributed by atoms with Gasteiger partial charge in [-0.2, -0.15) is 0 Å². The van der Waals surface area contributed by atoms with Gasteiger partial charge in [0.1, 0.15) is 0 Å². The van der Waals surface area contributed by atoms with E-state index in [-0.39, 0.29) is 0 Å². The van der Waals surface area contributed by atoms with Crippen LogP contribution in [0.4, 0.5) is 0 Å². The number of unbranched alkanes of at least 4 members (excludes halogenated alkanes) is 2. The summed E-state index contributed by atoms with van der Waals surface area (Å²) in [7, 11) is 0. The van der Waals surface area contributed by atoms with Crippen molar-refractivity contribution >= 4 is 11.3 Å². The summed E-state index contributed by atoms with van der Waals surface area (Å²) in [5.41, 5.74) is 0.392. The van der Waals surface area contributed by atoms with Crippen LogP contribution in [0.2, 0.25) is 0 Å². The summed E-state index contributed by atoms with van der Waals surface area (Å²) in [5.74, 6) is 0. The zero-order valence-corrected chi connectivity index (χ0v) is 9.79. The average molecular weight is 196 g/mol. The van der Waals surface area contributed by atoms with Crippen LogP contribution in [-0.4, -0.2) is 0 Å². The minimum Gasteiger partial charge on any atom is -0.148 e. The van der Waals surface area contributed by atoms with Crippen LogP contribution >= 0.6 is 11.3 Å². The first-order chi connectivity index (χ1) is 6.17. The van der Waals surface area contributed by atoms with E-state index in [1.165, 1.54) is 30.6 Å². The Bertz CT molecular complexity index is 221. The predicted molar refractivity (Wildman–Crippen MR) is 61.5 cm³/mol. The van der Waals surface area contributed by atoms with Crippen LogP contribution in [0.15, 0.2) is 17.5 Å². The fourth-order valence-electron chi connectivity index (χ4n) is 1.60. The zero-order chi connectivity index (χ0) is 9.73. The van der Waals surface area contributed by atoms with Gasteiger partial charge < -0.3 is 0 Å². The van der Waals surface area contributed by atoms with Crippen molar-refractivity contribution in [3.05, 3.63) is 22.4 Å². The number of hydrogen-bond acceptors (Lipinski definition) is 1. The fourth-order valence-corrected chi connectivity index (χ4v) is 2.49. The second-order valence-corrected chi connectivity index (χ2v) is 5.27. The Morgan fingerprint density at radius 3 is 2.62 bits per heavy atom. The van der Waals surface area contributed by atoms with Gasteiger partial charge in [0.25, 0.3) is 0 Å². The van der Waals surface area contributed by atoms with E-state index in [1.807, 2.05) is 11.3 Å². The van der Waals surface area contributed by atoms with Crippen molar-refractivity contribution in [1.82, 2.24) is 0 Å². The molecular formula is C12H20S. The summed E-state index contributed by atoms with van der Waals surface area (Å²) < 4.78 is 0. The van der Waals surface area contributed by atoms with Crippen molar-refractivity contribution in [1.29, 1.82) is 0 Å². The van der Waals surface area contributed by atoms with E-state index >= 15 is 0 Å². The molecule has 0 saturated heterocycles. The highest BCUT2D eigenvalue weighted by atomic mass is 32.1. The Labute approximate surface area is 86.0 Å². The molecule has 0 N–H and O–H groups in total. The molecule has 1 rings (SSSR count). The van der Waals surface area contributed by atoms with Gasteiger partial charge in [-0.15, -0.1) is 11.3 Å². The lowest BCUT2D eigenvalue weighted by Crippen LogP contribution is -2.14. The molecule has 1 heteroatoms. The molecule has 0 unspecified atom stereocenters. The van der Waals surface area contributed by atoms with Gasteiger partial charge in [-0.1, -0.05) is 46.1 Å². The lowest BCUT2D eigenvalue weighted by Gasteiger charge is -2.22. The highest BCUT2D eigenvalue weighted by Gasteiger charge is 2.20. The third-order valence-corrected chi connectivity index (χ3v) is 3.83. The van der Waals surface area contributed by atoms with Crippen molar-refractivity contribution in [2.24, 2.45) is 0 Å².